The fourth-order valence-electron chi connectivity index (χ4n) is 1.93. The van der Waals surface area contributed by atoms with Crippen LogP contribution < -0.4 is 5.32 Å². The minimum Gasteiger partial charge on any atom is -0.481 e. The first-order valence-electron chi connectivity index (χ1n) is 7.00. The van der Waals surface area contributed by atoms with Crippen LogP contribution in [-0.4, -0.2) is 27.6 Å². The molecule has 0 spiro atoms. The Morgan fingerprint density at radius 1 is 1.05 bits per heavy atom. The molecule has 0 aliphatic carbocycles. The summed E-state index contributed by atoms with van der Waals surface area (Å²) in [5.74, 6) is 0.0307. The lowest BCUT2D eigenvalue weighted by Crippen LogP contribution is -2.18. The lowest BCUT2D eigenvalue weighted by molar-refractivity contribution is -0.136. The van der Waals surface area contributed by atoms with Crippen LogP contribution >= 0.6 is 0 Å². The standard InChI is InChI=1S/C16H19N3O2/c20-16(21)8-9-17-10-14-11-18-15(19-12-14)7-6-13-4-2-1-3-5-13/h1-5,11-12,17H,6-10H2,(H,20,21). The lowest BCUT2D eigenvalue weighted by atomic mass is 10.1. The quantitative estimate of drug-likeness (QED) is 0.724. The Kier molecular flexibility index (Phi) is 5.84. The molecule has 2 rings (SSSR count). The smallest absolute Gasteiger partial charge is 0.304 e. The third-order valence-electron chi connectivity index (χ3n) is 3.08. The highest BCUT2D eigenvalue weighted by molar-refractivity contribution is 5.66. The molecule has 1 aromatic heterocycles. The summed E-state index contributed by atoms with van der Waals surface area (Å²) < 4.78 is 0. The third-order valence-corrected chi connectivity index (χ3v) is 3.08. The maximum atomic E-state index is 10.4. The van der Waals surface area contributed by atoms with Gasteiger partial charge in [0.15, 0.2) is 0 Å². The van der Waals surface area contributed by atoms with Crippen LogP contribution in [0.5, 0.6) is 0 Å². The highest BCUT2D eigenvalue weighted by Crippen LogP contribution is 2.04. The van der Waals surface area contributed by atoms with E-state index in [9.17, 15) is 4.79 Å². The number of nitrogens with one attached hydrogen (secondary N) is 1. The van der Waals surface area contributed by atoms with Gasteiger partial charge in [0.25, 0.3) is 0 Å². The van der Waals surface area contributed by atoms with Crippen molar-refractivity contribution in [1.82, 2.24) is 15.3 Å². The fraction of sp³-hybridized carbons (Fsp3) is 0.312. The first-order chi connectivity index (χ1) is 10.2. The molecule has 0 bridgehead atoms. The van der Waals surface area contributed by atoms with Crippen LogP contribution in [0.25, 0.3) is 0 Å². The van der Waals surface area contributed by atoms with Crippen LogP contribution in [0.1, 0.15) is 23.4 Å². The zero-order valence-corrected chi connectivity index (χ0v) is 11.8. The first kappa shape index (κ1) is 15.1. The van der Waals surface area contributed by atoms with E-state index in [1.807, 2.05) is 18.2 Å². The zero-order chi connectivity index (χ0) is 14.9. The van der Waals surface area contributed by atoms with E-state index in [4.69, 9.17) is 5.11 Å². The number of aromatic nitrogens is 2. The van der Waals surface area contributed by atoms with E-state index in [-0.39, 0.29) is 6.42 Å². The topological polar surface area (TPSA) is 75.1 Å². The second kappa shape index (κ2) is 8.11. The van der Waals surface area contributed by atoms with Gasteiger partial charge in [0, 0.05) is 37.5 Å². The summed E-state index contributed by atoms with van der Waals surface area (Å²) in [5, 5.41) is 11.6. The van der Waals surface area contributed by atoms with Crippen molar-refractivity contribution in [2.24, 2.45) is 0 Å². The van der Waals surface area contributed by atoms with Crippen LogP contribution in [0.3, 0.4) is 0 Å². The summed E-state index contributed by atoms with van der Waals surface area (Å²) >= 11 is 0. The fourth-order valence-corrected chi connectivity index (χ4v) is 1.93. The van der Waals surface area contributed by atoms with Crippen molar-refractivity contribution in [3.63, 3.8) is 0 Å². The number of benzene rings is 1. The van der Waals surface area contributed by atoms with Crippen molar-refractivity contribution < 1.29 is 9.90 Å². The molecule has 0 saturated carbocycles. The van der Waals surface area contributed by atoms with Gasteiger partial charge >= 0.3 is 5.97 Å². The second-order valence-corrected chi connectivity index (χ2v) is 4.81. The Balaban J connectivity index is 1.75. The van der Waals surface area contributed by atoms with Crippen LogP contribution in [0.15, 0.2) is 42.7 Å². The van der Waals surface area contributed by atoms with Crippen LogP contribution in [0, 0.1) is 0 Å². The van der Waals surface area contributed by atoms with Crippen LogP contribution in [-0.2, 0) is 24.2 Å². The van der Waals surface area contributed by atoms with Gasteiger partial charge in [0.05, 0.1) is 6.42 Å². The van der Waals surface area contributed by atoms with Crippen molar-refractivity contribution in [3.8, 4) is 0 Å². The molecule has 0 radical (unpaired) electrons. The van der Waals surface area contributed by atoms with Gasteiger partial charge in [-0.15, -0.1) is 0 Å². The summed E-state index contributed by atoms with van der Waals surface area (Å²) in [5.41, 5.74) is 2.24. The summed E-state index contributed by atoms with van der Waals surface area (Å²) in [7, 11) is 0. The van der Waals surface area contributed by atoms with Gasteiger partial charge in [-0.1, -0.05) is 30.3 Å². The maximum Gasteiger partial charge on any atom is 0.304 e. The number of rotatable bonds is 8. The number of carbonyl (C=O) groups is 1. The molecule has 0 aliphatic rings. The average molecular weight is 285 g/mol. The van der Waals surface area contributed by atoms with E-state index in [0.717, 1.165) is 24.2 Å². The number of hydrogen-bond donors (Lipinski definition) is 2. The Bertz CT molecular complexity index is 555. The molecule has 2 aromatic rings. The summed E-state index contributed by atoms with van der Waals surface area (Å²) in [6.07, 6.45) is 5.45. The summed E-state index contributed by atoms with van der Waals surface area (Å²) in [4.78, 5) is 19.1. The van der Waals surface area contributed by atoms with Crippen molar-refractivity contribution in [2.45, 2.75) is 25.8 Å². The van der Waals surface area contributed by atoms with Crippen molar-refractivity contribution in [1.29, 1.82) is 0 Å². The molecule has 21 heavy (non-hydrogen) atoms. The molecular formula is C16H19N3O2. The molecule has 110 valence electrons. The predicted octanol–water partition coefficient (Wildman–Crippen LogP) is 1.83. The molecule has 1 aromatic carbocycles. The zero-order valence-electron chi connectivity index (χ0n) is 11.8. The first-order valence-corrected chi connectivity index (χ1v) is 7.00. The maximum absolute atomic E-state index is 10.4. The predicted molar refractivity (Wildman–Crippen MR) is 79.8 cm³/mol. The molecule has 0 aliphatic heterocycles. The number of hydrogen-bond acceptors (Lipinski definition) is 4. The molecule has 5 nitrogen and oxygen atoms in total. The number of aliphatic carboxylic acids is 1. The summed E-state index contributed by atoms with van der Waals surface area (Å²) in [6.45, 7) is 1.04. The van der Waals surface area contributed by atoms with Crippen molar-refractivity contribution >= 4 is 5.97 Å². The van der Waals surface area contributed by atoms with Crippen molar-refractivity contribution in [2.75, 3.05) is 6.54 Å². The molecule has 0 saturated heterocycles. The third kappa shape index (κ3) is 5.71. The van der Waals surface area contributed by atoms with Gasteiger partial charge in [0.1, 0.15) is 5.82 Å². The van der Waals surface area contributed by atoms with Crippen LogP contribution in [0.4, 0.5) is 0 Å². The number of nitrogens with zero attached hydrogens (tertiary/aromatic N) is 2. The molecular weight excluding hydrogens is 266 g/mol. The Morgan fingerprint density at radius 3 is 2.43 bits per heavy atom. The van der Waals surface area contributed by atoms with Gasteiger partial charge in [-0.25, -0.2) is 9.97 Å². The van der Waals surface area contributed by atoms with E-state index in [2.05, 4.69) is 27.4 Å². The normalized spacial score (nSPS) is 10.5. The second-order valence-electron chi connectivity index (χ2n) is 4.81. The van der Waals surface area contributed by atoms with Gasteiger partial charge in [-0.3, -0.25) is 4.79 Å². The molecule has 0 amide bonds. The Hall–Kier alpha value is -2.27. The van der Waals surface area contributed by atoms with Gasteiger partial charge < -0.3 is 10.4 Å². The SMILES string of the molecule is O=C(O)CCNCc1cnc(CCc2ccccc2)nc1. The lowest BCUT2D eigenvalue weighted by Gasteiger charge is -2.04. The van der Waals surface area contributed by atoms with Gasteiger partial charge in [-0.05, 0) is 12.0 Å². The van der Waals surface area contributed by atoms with Gasteiger partial charge in [-0.2, -0.15) is 0 Å². The molecule has 1 heterocycles. The van der Waals surface area contributed by atoms with E-state index < -0.39 is 5.97 Å². The number of carboxylic acid groups (broad SMARTS) is 1. The largest absolute Gasteiger partial charge is 0.481 e. The van der Waals surface area contributed by atoms with E-state index in [0.29, 0.717) is 13.1 Å². The Morgan fingerprint density at radius 2 is 1.76 bits per heavy atom. The van der Waals surface area contributed by atoms with Gasteiger partial charge in [0.2, 0.25) is 0 Å². The minimum atomic E-state index is -0.796. The number of carboxylic acids is 1. The van der Waals surface area contributed by atoms with E-state index >= 15 is 0 Å². The molecule has 0 atom stereocenters. The monoisotopic (exact) mass is 285 g/mol. The van der Waals surface area contributed by atoms with E-state index in [1.54, 1.807) is 12.4 Å². The average Bonchev–Trinajstić information content (AvgIpc) is 2.51. The highest BCUT2D eigenvalue weighted by Gasteiger charge is 2.00. The van der Waals surface area contributed by atoms with Crippen LogP contribution in [0.2, 0.25) is 0 Å². The highest BCUT2D eigenvalue weighted by atomic mass is 16.4. The molecule has 0 unspecified atom stereocenters. The van der Waals surface area contributed by atoms with Crippen molar-refractivity contribution in [3.05, 3.63) is 59.7 Å². The minimum absolute atomic E-state index is 0.121. The number of aryl methyl sites for hydroxylation is 2. The van der Waals surface area contributed by atoms with E-state index in [1.165, 1.54) is 5.56 Å². The molecule has 0 fully saturated rings. The molecule has 5 heteroatoms. The molecule has 2 N–H and O–H groups in total. The Labute approximate surface area is 124 Å². The summed E-state index contributed by atoms with van der Waals surface area (Å²) in [6, 6.07) is 10.3.